The van der Waals surface area contributed by atoms with Crippen LogP contribution in [0, 0.1) is 0 Å². The molecule has 0 unspecified atom stereocenters. The van der Waals surface area contributed by atoms with Crippen LogP contribution in [-0.4, -0.2) is 25.6 Å². The van der Waals surface area contributed by atoms with Crippen LogP contribution in [0.3, 0.4) is 0 Å². The maximum Gasteiger partial charge on any atom is 0.238 e. The van der Waals surface area contributed by atoms with E-state index in [1.54, 1.807) is 0 Å². The highest BCUT2D eigenvalue weighted by molar-refractivity contribution is 5.92. The Kier molecular flexibility index (Phi) is 9.29. The molecule has 0 bridgehead atoms. The molecular weight excluding hydrogens is 264 g/mol. The van der Waals surface area contributed by atoms with E-state index < -0.39 is 0 Å². The van der Waals surface area contributed by atoms with Crippen molar-refractivity contribution in [3.05, 3.63) is 24.3 Å². The Morgan fingerprint density at radius 2 is 1.95 bits per heavy atom. The molecule has 1 aromatic rings. The van der Waals surface area contributed by atoms with Crippen molar-refractivity contribution in [2.45, 2.75) is 46.0 Å². The standard InChI is InChI=1S/C17H28N2O2/c1-3-5-6-7-8-12-18-14-17(20)19-15-10-9-11-16(13-15)21-4-2/h9-11,13,18H,3-8,12,14H2,1-2H3,(H,19,20). The average Bonchev–Trinajstić information content (AvgIpc) is 2.47. The number of ether oxygens (including phenoxy) is 1. The quantitative estimate of drug-likeness (QED) is 0.613. The van der Waals surface area contributed by atoms with Crippen LogP contribution in [-0.2, 0) is 4.79 Å². The van der Waals surface area contributed by atoms with E-state index in [9.17, 15) is 4.79 Å². The molecule has 0 saturated carbocycles. The maximum absolute atomic E-state index is 11.8. The van der Waals surface area contributed by atoms with Crippen LogP contribution in [0.15, 0.2) is 24.3 Å². The largest absolute Gasteiger partial charge is 0.494 e. The second kappa shape index (κ2) is 11.1. The molecule has 0 aliphatic heterocycles. The Morgan fingerprint density at radius 1 is 1.14 bits per heavy atom. The summed E-state index contributed by atoms with van der Waals surface area (Å²) in [4.78, 5) is 11.8. The van der Waals surface area contributed by atoms with Crippen molar-refractivity contribution in [2.24, 2.45) is 0 Å². The first-order chi connectivity index (χ1) is 10.3. The van der Waals surface area contributed by atoms with Crippen LogP contribution < -0.4 is 15.4 Å². The predicted molar refractivity (Wildman–Crippen MR) is 87.9 cm³/mol. The molecular formula is C17H28N2O2. The molecule has 0 atom stereocenters. The van der Waals surface area contributed by atoms with Crippen molar-refractivity contribution in [3.8, 4) is 5.75 Å². The Morgan fingerprint density at radius 3 is 2.71 bits per heavy atom. The molecule has 0 radical (unpaired) electrons. The summed E-state index contributed by atoms with van der Waals surface area (Å²) in [6, 6.07) is 7.47. The lowest BCUT2D eigenvalue weighted by Gasteiger charge is -2.08. The van der Waals surface area contributed by atoms with Crippen molar-refractivity contribution in [1.29, 1.82) is 0 Å². The Hall–Kier alpha value is -1.55. The number of hydrogen-bond donors (Lipinski definition) is 2. The summed E-state index contributed by atoms with van der Waals surface area (Å²) in [5.41, 5.74) is 0.774. The van der Waals surface area contributed by atoms with Gasteiger partial charge in [-0.1, -0.05) is 38.7 Å². The number of benzene rings is 1. The summed E-state index contributed by atoms with van der Waals surface area (Å²) in [5, 5.41) is 6.05. The highest BCUT2D eigenvalue weighted by Gasteiger charge is 2.02. The molecule has 118 valence electrons. The first-order valence-electron chi connectivity index (χ1n) is 7.99. The number of carbonyl (C=O) groups is 1. The SMILES string of the molecule is CCCCCCCNCC(=O)Nc1cccc(OCC)c1. The van der Waals surface area contributed by atoms with E-state index in [1.165, 1.54) is 25.7 Å². The smallest absolute Gasteiger partial charge is 0.238 e. The van der Waals surface area contributed by atoms with E-state index in [0.717, 1.165) is 24.4 Å². The molecule has 4 nitrogen and oxygen atoms in total. The Balaban J connectivity index is 2.17. The number of anilines is 1. The van der Waals surface area contributed by atoms with Crippen molar-refractivity contribution in [3.63, 3.8) is 0 Å². The van der Waals surface area contributed by atoms with Gasteiger partial charge in [0.1, 0.15) is 5.75 Å². The third-order valence-corrected chi connectivity index (χ3v) is 3.17. The summed E-state index contributed by atoms with van der Waals surface area (Å²) in [6.07, 6.45) is 6.22. The monoisotopic (exact) mass is 292 g/mol. The van der Waals surface area contributed by atoms with Gasteiger partial charge in [0.05, 0.1) is 13.2 Å². The molecule has 0 heterocycles. The number of rotatable bonds is 11. The van der Waals surface area contributed by atoms with Gasteiger partial charge in [-0.15, -0.1) is 0 Å². The number of hydrogen-bond acceptors (Lipinski definition) is 3. The van der Waals surface area contributed by atoms with Crippen LogP contribution in [0.25, 0.3) is 0 Å². The lowest BCUT2D eigenvalue weighted by Crippen LogP contribution is -2.28. The molecule has 1 aromatic carbocycles. The van der Waals surface area contributed by atoms with Gasteiger partial charge in [0, 0.05) is 11.8 Å². The second-order valence-electron chi connectivity index (χ2n) is 5.10. The number of amides is 1. The third-order valence-electron chi connectivity index (χ3n) is 3.17. The van der Waals surface area contributed by atoms with Crippen molar-refractivity contribution >= 4 is 11.6 Å². The van der Waals surface area contributed by atoms with Crippen molar-refractivity contribution in [2.75, 3.05) is 25.0 Å². The molecule has 0 aromatic heterocycles. The molecule has 0 aliphatic carbocycles. The van der Waals surface area contributed by atoms with Gasteiger partial charge in [-0.3, -0.25) is 4.79 Å². The molecule has 0 saturated heterocycles. The molecule has 21 heavy (non-hydrogen) atoms. The fraction of sp³-hybridized carbons (Fsp3) is 0.588. The molecule has 4 heteroatoms. The summed E-state index contributed by atoms with van der Waals surface area (Å²) in [7, 11) is 0. The van der Waals surface area contributed by atoms with Gasteiger partial charge >= 0.3 is 0 Å². The average molecular weight is 292 g/mol. The van der Waals surface area contributed by atoms with Gasteiger partial charge in [0.2, 0.25) is 5.91 Å². The summed E-state index contributed by atoms with van der Waals surface area (Å²) in [5.74, 6) is 0.761. The van der Waals surface area contributed by atoms with Gasteiger partial charge in [0.25, 0.3) is 0 Å². The van der Waals surface area contributed by atoms with E-state index >= 15 is 0 Å². The zero-order valence-electron chi connectivity index (χ0n) is 13.3. The van der Waals surface area contributed by atoms with Gasteiger partial charge in [-0.25, -0.2) is 0 Å². The highest BCUT2D eigenvalue weighted by Crippen LogP contribution is 2.16. The van der Waals surface area contributed by atoms with Crippen molar-refractivity contribution in [1.82, 2.24) is 5.32 Å². The van der Waals surface area contributed by atoms with E-state index in [1.807, 2.05) is 31.2 Å². The summed E-state index contributed by atoms with van der Waals surface area (Å²) in [6.45, 7) is 6.03. The van der Waals surface area contributed by atoms with Gasteiger partial charge in [0.15, 0.2) is 0 Å². The lowest BCUT2D eigenvalue weighted by molar-refractivity contribution is -0.115. The van der Waals surface area contributed by atoms with Crippen LogP contribution in [0.1, 0.15) is 46.0 Å². The van der Waals surface area contributed by atoms with E-state index in [-0.39, 0.29) is 5.91 Å². The molecule has 0 aliphatic rings. The Labute approximate surface area is 128 Å². The molecule has 0 fully saturated rings. The molecule has 1 amide bonds. The first-order valence-corrected chi connectivity index (χ1v) is 7.99. The fourth-order valence-electron chi connectivity index (χ4n) is 2.09. The Bertz CT molecular complexity index is 408. The van der Waals surface area contributed by atoms with Gasteiger partial charge in [-0.2, -0.15) is 0 Å². The molecule has 0 spiro atoms. The zero-order valence-corrected chi connectivity index (χ0v) is 13.3. The number of unbranched alkanes of at least 4 members (excludes halogenated alkanes) is 4. The highest BCUT2D eigenvalue weighted by atomic mass is 16.5. The maximum atomic E-state index is 11.8. The molecule has 2 N–H and O–H groups in total. The lowest BCUT2D eigenvalue weighted by atomic mass is 10.1. The minimum absolute atomic E-state index is 0.0165. The van der Waals surface area contributed by atoms with Crippen LogP contribution in [0.5, 0.6) is 5.75 Å². The third kappa shape index (κ3) is 8.35. The van der Waals surface area contributed by atoms with Gasteiger partial charge in [-0.05, 0) is 32.0 Å². The van der Waals surface area contributed by atoms with Crippen molar-refractivity contribution < 1.29 is 9.53 Å². The zero-order chi connectivity index (χ0) is 15.3. The van der Waals surface area contributed by atoms with Crippen LogP contribution in [0.4, 0.5) is 5.69 Å². The van der Waals surface area contributed by atoms with Crippen LogP contribution >= 0.6 is 0 Å². The first kappa shape index (κ1) is 17.5. The number of nitrogens with one attached hydrogen (secondary N) is 2. The minimum Gasteiger partial charge on any atom is -0.494 e. The van der Waals surface area contributed by atoms with Gasteiger partial charge < -0.3 is 15.4 Å². The van der Waals surface area contributed by atoms with Crippen LogP contribution in [0.2, 0.25) is 0 Å². The van der Waals surface area contributed by atoms with E-state index in [4.69, 9.17) is 4.74 Å². The minimum atomic E-state index is -0.0165. The van der Waals surface area contributed by atoms with E-state index in [2.05, 4.69) is 17.6 Å². The summed E-state index contributed by atoms with van der Waals surface area (Å²) >= 11 is 0. The summed E-state index contributed by atoms with van der Waals surface area (Å²) < 4.78 is 5.41. The van der Waals surface area contributed by atoms with E-state index in [0.29, 0.717) is 13.2 Å². The number of carbonyl (C=O) groups excluding carboxylic acids is 1. The normalized spacial score (nSPS) is 10.4. The second-order valence-corrected chi connectivity index (χ2v) is 5.10. The topological polar surface area (TPSA) is 50.4 Å². The molecule has 1 rings (SSSR count). The predicted octanol–water partition coefficient (Wildman–Crippen LogP) is 3.58. The fourth-order valence-corrected chi connectivity index (χ4v) is 2.09.